The number of hydrogen-bond acceptors (Lipinski definition) is 8. The largest absolute Gasteiger partial charge is 0.495 e. The normalized spacial score (nSPS) is 13.8. The van der Waals surface area contributed by atoms with Gasteiger partial charge in [-0.05, 0) is 49.2 Å². The molecule has 30 heavy (non-hydrogen) atoms. The van der Waals surface area contributed by atoms with E-state index < -0.39 is 0 Å². The number of benzene rings is 2. The molecule has 4 rings (SSSR count). The van der Waals surface area contributed by atoms with Gasteiger partial charge in [-0.3, -0.25) is 0 Å². The number of aryl methyl sites for hydroxylation is 2. The van der Waals surface area contributed by atoms with E-state index in [-0.39, 0.29) is 0 Å². The average molecular weight is 406 g/mol. The molecule has 1 aliphatic heterocycles. The fourth-order valence-electron chi connectivity index (χ4n) is 3.43. The Balaban J connectivity index is 1.68. The highest BCUT2D eigenvalue weighted by atomic mass is 16.5. The van der Waals surface area contributed by atoms with Gasteiger partial charge in [-0.15, -0.1) is 0 Å². The molecule has 2 N–H and O–H groups in total. The van der Waals surface area contributed by atoms with E-state index in [1.54, 1.807) is 7.11 Å². The van der Waals surface area contributed by atoms with Crippen molar-refractivity contribution in [3.63, 3.8) is 0 Å². The van der Waals surface area contributed by atoms with Gasteiger partial charge < -0.3 is 25.0 Å². The quantitative estimate of drug-likeness (QED) is 0.639. The van der Waals surface area contributed by atoms with Gasteiger partial charge in [0.2, 0.25) is 17.8 Å². The van der Waals surface area contributed by atoms with Gasteiger partial charge in [0.1, 0.15) is 5.75 Å². The van der Waals surface area contributed by atoms with Gasteiger partial charge in [-0.1, -0.05) is 18.2 Å². The first-order valence-corrected chi connectivity index (χ1v) is 9.95. The highest BCUT2D eigenvalue weighted by Gasteiger charge is 2.17. The minimum absolute atomic E-state index is 0.447. The number of anilines is 5. The molecule has 156 valence electrons. The number of methoxy groups -OCH3 is 1. The van der Waals surface area contributed by atoms with Crippen molar-refractivity contribution < 1.29 is 9.47 Å². The first-order valence-electron chi connectivity index (χ1n) is 9.95. The van der Waals surface area contributed by atoms with E-state index in [0.29, 0.717) is 31.1 Å². The van der Waals surface area contributed by atoms with Gasteiger partial charge in [0, 0.05) is 18.8 Å². The maximum absolute atomic E-state index is 5.47. The minimum Gasteiger partial charge on any atom is -0.495 e. The molecule has 0 amide bonds. The maximum Gasteiger partial charge on any atom is 0.233 e. The van der Waals surface area contributed by atoms with Gasteiger partial charge in [0.15, 0.2) is 0 Å². The molecule has 1 fully saturated rings. The van der Waals surface area contributed by atoms with Crippen LogP contribution in [0, 0.1) is 13.8 Å². The van der Waals surface area contributed by atoms with E-state index >= 15 is 0 Å². The molecule has 0 aliphatic carbocycles. The van der Waals surface area contributed by atoms with Crippen LogP contribution >= 0.6 is 0 Å². The second-order valence-corrected chi connectivity index (χ2v) is 7.21. The summed E-state index contributed by atoms with van der Waals surface area (Å²) in [6.45, 7) is 6.92. The fourth-order valence-corrected chi connectivity index (χ4v) is 3.43. The third-order valence-electron chi connectivity index (χ3n) is 4.75. The summed E-state index contributed by atoms with van der Waals surface area (Å²) >= 11 is 0. The molecule has 8 nitrogen and oxygen atoms in total. The van der Waals surface area contributed by atoms with Crippen LogP contribution in [-0.2, 0) is 4.74 Å². The molecule has 1 saturated heterocycles. The standard InChI is InChI=1S/C22H26N6O2/c1-15-12-16(2)14-17(13-15)23-20-25-21(24-18-6-4-5-7-19(18)29-3)27-22(26-20)28-8-10-30-11-9-28/h4-7,12-14H,8-11H2,1-3H3,(H2,23,24,25,26,27). The Morgan fingerprint density at radius 2 is 1.57 bits per heavy atom. The summed E-state index contributed by atoms with van der Waals surface area (Å²) in [5.41, 5.74) is 4.08. The van der Waals surface area contributed by atoms with Crippen molar-refractivity contribution in [2.45, 2.75) is 13.8 Å². The van der Waals surface area contributed by atoms with Crippen LogP contribution in [0.15, 0.2) is 42.5 Å². The van der Waals surface area contributed by atoms with Crippen LogP contribution in [0.1, 0.15) is 11.1 Å². The second-order valence-electron chi connectivity index (χ2n) is 7.21. The summed E-state index contributed by atoms with van der Waals surface area (Å²) in [5.74, 6) is 2.25. The van der Waals surface area contributed by atoms with Crippen LogP contribution in [0.3, 0.4) is 0 Å². The van der Waals surface area contributed by atoms with E-state index in [9.17, 15) is 0 Å². The Labute approximate surface area is 176 Å². The molecule has 0 bridgehead atoms. The zero-order valence-corrected chi connectivity index (χ0v) is 17.5. The molecule has 3 aromatic rings. The van der Waals surface area contributed by atoms with Crippen molar-refractivity contribution in [3.05, 3.63) is 53.6 Å². The summed E-state index contributed by atoms with van der Waals surface area (Å²) in [6.07, 6.45) is 0. The van der Waals surface area contributed by atoms with Gasteiger partial charge in [0.25, 0.3) is 0 Å². The molecule has 0 saturated carbocycles. The predicted molar refractivity (Wildman–Crippen MR) is 118 cm³/mol. The van der Waals surface area contributed by atoms with Crippen molar-refractivity contribution in [1.82, 2.24) is 15.0 Å². The average Bonchev–Trinajstić information content (AvgIpc) is 2.74. The van der Waals surface area contributed by atoms with Crippen molar-refractivity contribution >= 4 is 29.2 Å². The number of para-hydroxylation sites is 2. The third kappa shape index (κ3) is 4.77. The Hall–Kier alpha value is -3.39. The lowest BCUT2D eigenvalue weighted by atomic mass is 10.1. The molecular formula is C22H26N6O2. The Morgan fingerprint density at radius 3 is 2.27 bits per heavy atom. The molecule has 0 unspecified atom stereocenters. The maximum atomic E-state index is 5.47. The first-order chi connectivity index (χ1) is 14.6. The molecular weight excluding hydrogens is 380 g/mol. The monoisotopic (exact) mass is 406 g/mol. The van der Waals surface area contributed by atoms with E-state index in [1.807, 2.05) is 24.3 Å². The summed E-state index contributed by atoms with van der Waals surface area (Å²) in [7, 11) is 1.64. The molecule has 2 aromatic carbocycles. The van der Waals surface area contributed by atoms with E-state index in [4.69, 9.17) is 9.47 Å². The number of rotatable bonds is 6. The fraction of sp³-hybridized carbons (Fsp3) is 0.318. The zero-order chi connectivity index (χ0) is 20.9. The van der Waals surface area contributed by atoms with E-state index in [0.717, 1.165) is 30.2 Å². The number of morpholine rings is 1. The van der Waals surface area contributed by atoms with Crippen LogP contribution in [0.25, 0.3) is 0 Å². The molecule has 2 heterocycles. The van der Waals surface area contributed by atoms with Crippen molar-refractivity contribution in [2.75, 3.05) is 48.9 Å². The molecule has 0 radical (unpaired) electrons. The van der Waals surface area contributed by atoms with Gasteiger partial charge in [-0.25, -0.2) is 0 Å². The van der Waals surface area contributed by atoms with Crippen molar-refractivity contribution in [1.29, 1.82) is 0 Å². The lowest BCUT2D eigenvalue weighted by Gasteiger charge is -2.27. The smallest absolute Gasteiger partial charge is 0.233 e. The molecule has 0 atom stereocenters. The van der Waals surface area contributed by atoms with Crippen LogP contribution in [0.2, 0.25) is 0 Å². The van der Waals surface area contributed by atoms with Crippen molar-refractivity contribution in [3.8, 4) is 5.75 Å². The number of nitrogens with one attached hydrogen (secondary N) is 2. The van der Waals surface area contributed by atoms with Crippen LogP contribution < -0.4 is 20.3 Å². The van der Waals surface area contributed by atoms with Gasteiger partial charge in [0.05, 0.1) is 26.0 Å². The lowest BCUT2D eigenvalue weighted by Crippen LogP contribution is -2.37. The summed E-state index contributed by atoms with van der Waals surface area (Å²) in [6, 6.07) is 13.9. The molecule has 0 spiro atoms. The van der Waals surface area contributed by atoms with Crippen LogP contribution in [0.5, 0.6) is 5.75 Å². The summed E-state index contributed by atoms with van der Waals surface area (Å²) in [4.78, 5) is 16.0. The molecule has 1 aliphatic rings. The molecule has 8 heteroatoms. The Bertz CT molecular complexity index is 1000. The number of aromatic nitrogens is 3. The highest BCUT2D eigenvalue weighted by Crippen LogP contribution is 2.27. The summed E-state index contributed by atoms with van der Waals surface area (Å²) < 4.78 is 10.9. The second kappa shape index (κ2) is 8.96. The minimum atomic E-state index is 0.447. The number of hydrogen-bond donors (Lipinski definition) is 2. The van der Waals surface area contributed by atoms with Gasteiger partial charge >= 0.3 is 0 Å². The zero-order valence-electron chi connectivity index (χ0n) is 17.5. The number of ether oxygens (including phenoxy) is 2. The lowest BCUT2D eigenvalue weighted by molar-refractivity contribution is 0.122. The Morgan fingerprint density at radius 1 is 0.900 bits per heavy atom. The van der Waals surface area contributed by atoms with Crippen LogP contribution in [0.4, 0.5) is 29.2 Å². The third-order valence-corrected chi connectivity index (χ3v) is 4.75. The number of nitrogens with zero attached hydrogens (tertiary/aromatic N) is 4. The first kappa shape index (κ1) is 19.9. The van der Waals surface area contributed by atoms with E-state index in [2.05, 4.69) is 62.5 Å². The predicted octanol–water partition coefficient (Wildman–Crippen LogP) is 3.82. The van der Waals surface area contributed by atoms with E-state index in [1.165, 1.54) is 11.1 Å². The van der Waals surface area contributed by atoms with Gasteiger partial charge in [-0.2, -0.15) is 15.0 Å². The van der Waals surface area contributed by atoms with Crippen molar-refractivity contribution in [2.24, 2.45) is 0 Å². The highest BCUT2D eigenvalue weighted by molar-refractivity contribution is 5.64. The SMILES string of the molecule is COc1ccccc1Nc1nc(Nc2cc(C)cc(C)c2)nc(N2CCOCC2)n1. The van der Waals surface area contributed by atoms with Crippen LogP contribution in [-0.4, -0.2) is 48.4 Å². The molecule has 1 aromatic heterocycles. The topological polar surface area (TPSA) is 84.4 Å². The summed E-state index contributed by atoms with van der Waals surface area (Å²) in [5, 5.41) is 6.60. The Kier molecular flexibility index (Phi) is 5.94.